The molecule has 2 aromatic carbocycles. The topological polar surface area (TPSA) is 126 Å². The molecule has 6 rings (SSSR count). The van der Waals surface area contributed by atoms with Gasteiger partial charge in [-0.25, -0.2) is 23.2 Å². The van der Waals surface area contributed by atoms with Gasteiger partial charge in [0.15, 0.2) is 11.5 Å². The van der Waals surface area contributed by atoms with Crippen molar-refractivity contribution >= 4 is 34.2 Å². The molecule has 1 atom stereocenters. The monoisotopic (exact) mass is 596 g/mol. The maximum absolute atomic E-state index is 15.1. The van der Waals surface area contributed by atoms with Crippen LogP contribution in [0.2, 0.25) is 0 Å². The van der Waals surface area contributed by atoms with Crippen molar-refractivity contribution in [3.8, 4) is 16.4 Å². The van der Waals surface area contributed by atoms with Gasteiger partial charge in [0.2, 0.25) is 10.0 Å². The lowest BCUT2D eigenvalue weighted by atomic mass is 9.93. The molecule has 2 aliphatic rings. The number of carboxylic acid groups (broad SMARTS) is 1. The number of nitrogens with two attached hydrogens (primary N) is 1. The van der Waals surface area contributed by atoms with Crippen LogP contribution in [0.5, 0.6) is 0 Å². The Labute approximate surface area is 242 Å². The molecule has 0 spiro atoms. The SMILES string of the molecule is N[S+](O)c1ccc(Cc2c(-c3ccc(F)c(C4=CCNCC4)c3)nn(-c3nc(C(=O)O)cs3)c2CC2CC2)cc1F. The standard InChI is InChI=1S/C29H27F2N5O3S2/c30-22-5-4-19(14-20(22)18-7-9-33-10-8-18)27-21(11-17-3-6-26(41(32)39)23(31)12-17)25(13-16-1-2-16)36(35-27)29-34-24(15-40-29)28(37)38/h3-7,12,14-16,33,39H,1-2,8-11,13,32H2/p+1. The number of aromatic carboxylic acids is 1. The van der Waals surface area contributed by atoms with E-state index in [1.165, 1.54) is 34.9 Å². The Morgan fingerprint density at radius 1 is 1.20 bits per heavy atom. The van der Waals surface area contributed by atoms with Gasteiger partial charge >= 0.3 is 5.97 Å². The maximum Gasteiger partial charge on any atom is 0.355 e. The van der Waals surface area contributed by atoms with Crippen LogP contribution >= 0.6 is 11.3 Å². The van der Waals surface area contributed by atoms with E-state index < -0.39 is 23.1 Å². The number of carbonyl (C=O) groups is 1. The molecule has 3 heterocycles. The summed E-state index contributed by atoms with van der Waals surface area (Å²) in [6.45, 7) is 1.43. The number of nitrogens with one attached hydrogen (secondary N) is 1. The van der Waals surface area contributed by atoms with Gasteiger partial charge in [0.1, 0.15) is 5.82 Å². The molecule has 1 aliphatic carbocycles. The number of hydrogen-bond donors (Lipinski definition) is 4. The molecule has 1 saturated carbocycles. The summed E-state index contributed by atoms with van der Waals surface area (Å²) in [5, 5.41) is 25.1. The molecule has 1 fully saturated rings. The van der Waals surface area contributed by atoms with Crippen molar-refractivity contribution in [3.63, 3.8) is 0 Å². The number of carboxylic acids is 1. The van der Waals surface area contributed by atoms with Crippen LogP contribution in [0.15, 0.2) is 52.7 Å². The predicted octanol–water partition coefficient (Wildman–Crippen LogP) is 5.22. The molecule has 41 heavy (non-hydrogen) atoms. The van der Waals surface area contributed by atoms with E-state index in [2.05, 4.69) is 10.3 Å². The Hall–Kier alpha value is -3.42. The third-order valence-corrected chi connectivity index (χ3v) is 9.01. The quantitative estimate of drug-likeness (QED) is 0.195. The van der Waals surface area contributed by atoms with Gasteiger partial charge in [-0.15, -0.1) is 16.5 Å². The van der Waals surface area contributed by atoms with Crippen LogP contribution in [0.25, 0.3) is 22.0 Å². The highest BCUT2D eigenvalue weighted by molar-refractivity contribution is 7.89. The van der Waals surface area contributed by atoms with E-state index in [9.17, 15) is 18.8 Å². The third kappa shape index (κ3) is 5.84. The summed E-state index contributed by atoms with van der Waals surface area (Å²) in [5.74, 6) is -1.58. The zero-order valence-electron chi connectivity index (χ0n) is 21.9. The summed E-state index contributed by atoms with van der Waals surface area (Å²) in [5.41, 5.74) is 5.04. The van der Waals surface area contributed by atoms with E-state index in [4.69, 9.17) is 10.2 Å². The Bertz CT molecular complexity index is 1660. The number of aromatic nitrogens is 3. The van der Waals surface area contributed by atoms with Crippen molar-refractivity contribution < 1.29 is 23.2 Å². The molecular formula is C29H28F2N5O3S2+. The van der Waals surface area contributed by atoms with Gasteiger partial charge in [0.25, 0.3) is 11.4 Å². The minimum Gasteiger partial charge on any atom is -0.476 e. The van der Waals surface area contributed by atoms with E-state index in [0.717, 1.165) is 36.2 Å². The second kappa shape index (κ2) is 11.5. The number of thiazole rings is 1. The highest BCUT2D eigenvalue weighted by atomic mass is 32.2. The molecule has 1 aliphatic heterocycles. The molecule has 2 aromatic heterocycles. The summed E-state index contributed by atoms with van der Waals surface area (Å²) in [7, 11) is 0. The molecule has 12 heteroatoms. The summed E-state index contributed by atoms with van der Waals surface area (Å²) < 4.78 is 41.3. The van der Waals surface area contributed by atoms with Crippen LogP contribution in [-0.4, -0.2) is 43.5 Å². The van der Waals surface area contributed by atoms with Crippen molar-refractivity contribution in [3.05, 3.63) is 87.6 Å². The molecule has 5 N–H and O–H groups in total. The number of rotatable bonds is 9. The van der Waals surface area contributed by atoms with Crippen LogP contribution < -0.4 is 10.5 Å². The Morgan fingerprint density at radius 3 is 2.68 bits per heavy atom. The lowest BCUT2D eigenvalue weighted by Crippen LogP contribution is -2.20. The molecule has 4 aromatic rings. The second-order valence-electron chi connectivity index (χ2n) is 10.3. The van der Waals surface area contributed by atoms with Crippen LogP contribution in [0.3, 0.4) is 0 Å². The summed E-state index contributed by atoms with van der Waals surface area (Å²) in [4.78, 5) is 15.9. The van der Waals surface area contributed by atoms with Crippen molar-refractivity contribution in [2.45, 2.75) is 37.0 Å². The molecular weight excluding hydrogens is 568 g/mol. The van der Waals surface area contributed by atoms with E-state index >= 15 is 4.39 Å². The normalized spacial score (nSPS) is 16.0. The zero-order valence-corrected chi connectivity index (χ0v) is 23.6. The van der Waals surface area contributed by atoms with Crippen molar-refractivity contribution in [2.75, 3.05) is 13.1 Å². The fourth-order valence-electron chi connectivity index (χ4n) is 5.14. The average molecular weight is 597 g/mol. The van der Waals surface area contributed by atoms with Crippen molar-refractivity contribution in [1.82, 2.24) is 20.1 Å². The molecule has 8 nitrogen and oxygen atoms in total. The first kappa shape index (κ1) is 27.7. The van der Waals surface area contributed by atoms with E-state index in [-0.39, 0.29) is 16.4 Å². The molecule has 212 valence electrons. The summed E-state index contributed by atoms with van der Waals surface area (Å²) >= 11 is -0.521. The molecule has 0 radical (unpaired) electrons. The van der Waals surface area contributed by atoms with E-state index in [0.29, 0.717) is 59.2 Å². The fraction of sp³-hybridized carbons (Fsp3) is 0.276. The van der Waals surface area contributed by atoms with Gasteiger partial charge in [-0.1, -0.05) is 12.1 Å². The number of halogens is 2. The maximum atomic E-state index is 15.1. The second-order valence-corrected chi connectivity index (χ2v) is 12.2. The Balaban J connectivity index is 1.52. The van der Waals surface area contributed by atoms with Crippen LogP contribution in [0.1, 0.15) is 52.1 Å². The Kier molecular flexibility index (Phi) is 7.75. The fourth-order valence-corrected chi connectivity index (χ4v) is 6.38. The van der Waals surface area contributed by atoms with Crippen LogP contribution in [0, 0.1) is 17.6 Å². The Morgan fingerprint density at radius 2 is 2.02 bits per heavy atom. The highest BCUT2D eigenvalue weighted by Crippen LogP contribution is 2.39. The first-order valence-corrected chi connectivity index (χ1v) is 15.4. The van der Waals surface area contributed by atoms with Gasteiger partial charge in [0.05, 0.1) is 11.4 Å². The molecule has 0 saturated heterocycles. The van der Waals surface area contributed by atoms with E-state index in [1.54, 1.807) is 16.8 Å². The third-order valence-electron chi connectivity index (χ3n) is 7.41. The van der Waals surface area contributed by atoms with Gasteiger partial charge in [-0.3, -0.25) is 0 Å². The molecule has 0 amide bonds. The predicted molar refractivity (Wildman–Crippen MR) is 155 cm³/mol. The zero-order chi connectivity index (χ0) is 28.7. The first-order chi connectivity index (χ1) is 19.8. The first-order valence-electron chi connectivity index (χ1n) is 13.2. The summed E-state index contributed by atoms with van der Waals surface area (Å²) in [6, 6.07) is 9.52. The van der Waals surface area contributed by atoms with Gasteiger partial charge < -0.3 is 10.4 Å². The highest BCUT2D eigenvalue weighted by Gasteiger charge is 2.30. The smallest absolute Gasteiger partial charge is 0.355 e. The number of nitrogens with zero attached hydrogens (tertiary/aromatic N) is 3. The lowest BCUT2D eigenvalue weighted by Gasteiger charge is -2.16. The van der Waals surface area contributed by atoms with Gasteiger partial charge in [0, 0.05) is 41.1 Å². The molecule has 1 unspecified atom stereocenters. The van der Waals surface area contributed by atoms with Gasteiger partial charge in [-0.05, 0) is 73.5 Å². The minimum atomic E-state index is -1.70. The number of hydrogen-bond acceptors (Lipinski definition) is 7. The van der Waals surface area contributed by atoms with E-state index in [1.807, 2.05) is 12.1 Å². The van der Waals surface area contributed by atoms with Crippen molar-refractivity contribution in [2.24, 2.45) is 11.1 Å². The van der Waals surface area contributed by atoms with Crippen LogP contribution in [0.4, 0.5) is 8.78 Å². The largest absolute Gasteiger partial charge is 0.476 e. The molecule has 0 bridgehead atoms. The summed E-state index contributed by atoms with van der Waals surface area (Å²) in [6.07, 6.45) is 5.83. The van der Waals surface area contributed by atoms with Gasteiger partial charge in [-0.2, -0.15) is 9.65 Å². The van der Waals surface area contributed by atoms with Crippen LogP contribution in [-0.2, 0) is 24.2 Å². The lowest BCUT2D eigenvalue weighted by molar-refractivity contribution is 0.0691. The van der Waals surface area contributed by atoms with Crippen molar-refractivity contribution in [1.29, 1.82) is 0 Å². The minimum absolute atomic E-state index is 0.0327. The average Bonchev–Trinajstić information content (AvgIpc) is 3.51. The number of benzene rings is 2.